The number of ether oxygens (including phenoxy) is 1. The monoisotopic (exact) mass is 343 g/mol. The minimum absolute atomic E-state index is 0.325. The molecule has 0 fully saturated rings. The van der Waals surface area contributed by atoms with Crippen LogP contribution in [0.5, 0.6) is 5.75 Å². The van der Waals surface area contributed by atoms with Crippen molar-refractivity contribution >= 4 is 22.8 Å². The summed E-state index contributed by atoms with van der Waals surface area (Å²) in [5.41, 5.74) is 1.44. The number of carboxylic acid groups (broad SMARTS) is 1. The summed E-state index contributed by atoms with van der Waals surface area (Å²) in [4.78, 5) is 11.2. The fourth-order valence-electron chi connectivity index (χ4n) is 2.76. The Balaban J connectivity index is 1.95. The van der Waals surface area contributed by atoms with Crippen LogP contribution in [0.2, 0.25) is 0 Å². The number of aliphatic carboxylic acids is 1. The first kappa shape index (κ1) is 17.2. The summed E-state index contributed by atoms with van der Waals surface area (Å²) in [5.74, 6) is -0.690. The Hall–Kier alpha value is -3.58. The van der Waals surface area contributed by atoms with Crippen LogP contribution < -0.4 is 4.74 Å². The largest absolute Gasteiger partial charge is 0.493 e. The van der Waals surface area contributed by atoms with Gasteiger partial charge in [0.15, 0.2) is 0 Å². The molecule has 0 aliphatic heterocycles. The number of nitrogens with zero attached hydrogens (tertiary/aromatic N) is 1. The van der Waals surface area contributed by atoms with E-state index in [0.29, 0.717) is 17.9 Å². The second kappa shape index (κ2) is 8.00. The van der Waals surface area contributed by atoms with E-state index in [-0.39, 0.29) is 5.57 Å². The maximum atomic E-state index is 11.2. The van der Waals surface area contributed by atoms with Crippen molar-refractivity contribution in [3.8, 4) is 11.8 Å². The molecule has 3 aromatic carbocycles. The van der Waals surface area contributed by atoms with Crippen molar-refractivity contribution in [2.75, 3.05) is 6.61 Å². The maximum Gasteiger partial charge on any atom is 0.346 e. The first-order valence-electron chi connectivity index (χ1n) is 8.22. The van der Waals surface area contributed by atoms with Crippen molar-refractivity contribution in [2.45, 2.75) is 6.42 Å². The third-order valence-corrected chi connectivity index (χ3v) is 4.06. The van der Waals surface area contributed by atoms with Gasteiger partial charge in [0.05, 0.1) is 6.61 Å². The molecule has 0 spiro atoms. The minimum Gasteiger partial charge on any atom is -0.493 e. The van der Waals surface area contributed by atoms with Crippen LogP contribution in [0.15, 0.2) is 72.3 Å². The van der Waals surface area contributed by atoms with Crippen molar-refractivity contribution < 1.29 is 14.6 Å². The summed E-state index contributed by atoms with van der Waals surface area (Å²) < 4.78 is 5.93. The number of nitriles is 1. The lowest BCUT2D eigenvalue weighted by atomic mass is 10.0. The van der Waals surface area contributed by atoms with Gasteiger partial charge in [-0.15, -0.1) is 0 Å². The van der Waals surface area contributed by atoms with E-state index in [2.05, 4.69) is 0 Å². The lowest BCUT2D eigenvalue weighted by Crippen LogP contribution is -2.03. The average Bonchev–Trinajstić information content (AvgIpc) is 2.67. The molecule has 0 aliphatic carbocycles. The predicted octanol–water partition coefficient (Wildman–Crippen LogP) is 4.45. The van der Waals surface area contributed by atoms with E-state index in [1.54, 1.807) is 6.07 Å². The van der Waals surface area contributed by atoms with Gasteiger partial charge in [-0.2, -0.15) is 5.26 Å². The van der Waals surface area contributed by atoms with Gasteiger partial charge < -0.3 is 9.84 Å². The topological polar surface area (TPSA) is 70.3 Å². The van der Waals surface area contributed by atoms with Gasteiger partial charge in [-0.05, 0) is 28.5 Å². The van der Waals surface area contributed by atoms with Crippen LogP contribution in [-0.2, 0) is 11.2 Å². The Bertz CT molecular complexity index is 1000. The zero-order chi connectivity index (χ0) is 18.4. The quantitative estimate of drug-likeness (QED) is 0.530. The maximum absolute atomic E-state index is 11.2. The van der Waals surface area contributed by atoms with E-state index in [0.717, 1.165) is 22.8 Å². The number of rotatable bonds is 6. The smallest absolute Gasteiger partial charge is 0.346 e. The van der Waals surface area contributed by atoms with Crippen LogP contribution in [-0.4, -0.2) is 17.7 Å². The number of hydrogen-bond acceptors (Lipinski definition) is 3. The van der Waals surface area contributed by atoms with Crippen molar-refractivity contribution in [3.05, 3.63) is 83.4 Å². The second-order valence-electron chi connectivity index (χ2n) is 5.76. The molecule has 128 valence electrons. The Labute approximate surface area is 151 Å². The molecule has 4 heteroatoms. The van der Waals surface area contributed by atoms with Crippen molar-refractivity contribution in [1.29, 1.82) is 5.26 Å². The van der Waals surface area contributed by atoms with Crippen LogP contribution in [0.4, 0.5) is 0 Å². The van der Waals surface area contributed by atoms with Crippen LogP contribution >= 0.6 is 0 Å². The zero-order valence-electron chi connectivity index (χ0n) is 14.1. The molecule has 0 saturated heterocycles. The fraction of sp³-hybridized carbons (Fsp3) is 0.0909. The standard InChI is InChI=1S/C22H17NO3/c23-15-18(22(24)25)14-20-19-9-5-4-8-17(19)10-11-21(20)26-13-12-16-6-2-1-3-7-16/h1-11,14H,12-13H2,(H,24,25). The number of benzene rings is 3. The van der Waals surface area contributed by atoms with Gasteiger partial charge in [0, 0.05) is 12.0 Å². The summed E-state index contributed by atoms with van der Waals surface area (Å²) in [6.45, 7) is 0.456. The van der Waals surface area contributed by atoms with Gasteiger partial charge in [-0.1, -0.05) is 60.7 Å². The highest BCUT2D eigenvalue weighted by molar-refractivity contribution is 6.01. The number of carboxylic acids is 1. The number of carbonyl (C=O) groups is 1. The van der Waals surface area contributed by atoms with E-state index < -0.39 is 5.97 Å². The van der Waals surface area contributed by atoms with E-state index in [1.807, 2.05) is 66.7 Å². The number of fused-ring (bicyclic) bond motifs is 1. The predicted molar refractivity (Wildman–Crippen MR) is 101 cm³/mol. The molecule has 0 atom stereocenters. The molecule has 1 N–H and O–H groups in total. The third-order valence-electron chi connectivity index (χ3n) is 4.06. The molecule has 4 nitrogen and oxygen atoms in total. The van der Waals surface area contributed by atoms with Crippen LogP contribution in [0.3, 0.4) is 0 Å². The second-order valence-corrected chi connectivity index (χ2v) is 5.76. The molecule has 0 amide bonds. The van der Waals surface area contributed by atoms with E-state index in [4.69, 9.17) is 10.00 Å². The third kappa shape index (κ3) is 3.90. The van der Waals surface area contributed by atoms with E-state index >= 15 is 0 Å². The number of hydrogen-bond donors (Lipinski definition) is 1. The fourth-order valence-corrected chi connectivity index (χ4v) is 2.76. The van der Waals surface area contributed by atoms with Crippen molar-refractivity contribution in [2.24, 2.45) is 0 Å². The van der Waals surface area contributed by atoms with Crippen LogP contribution in [0, 0.1) is 11.3 Å². The Morgan fingerprint density at radius 1 is 1.04 bits per heavy atom. The summed E-state index contributed by atoms with van der Waals surface area (Å²) in [5, 5.41) is 20.1. The molecule has 0 heterocycles. The Kier molecular flexibility index (Phi) is 5.31. The minimum atomic E-state index is -1.25. The first-order chi connectivity index (χ1) is 12.7. The van der Waals surface area contributed by atoms with Gasteiger partial charge in [0.2, 0.25) is 0 Å². The Morgan fingerprint density at radius 2 is 1.77 bits per heavy atom. The molecule has 0 saturated carbocycles. The van der Waals surface area contributed by atoms with Crippen LogP contribution in [0.1, 0.15) is 11.1 Å². The zero-order valence-corrected chi connectivity index (χ0v) is 14.1. The highest BCUT2D eigenvalue weighted by Gasteiger charge is 2.12. The molecule has 0 unspecified atom stereocenters. The van der Waals surface area contributed by atoms with Crippen molar-refractivity contribution in [1.82, 2.24) is 0 Å². The molecule has 0 aromatic heterocycles. The molecule has 3 aromatic rings. The summed E-state index contributed by atoms with van der Waals surface area (Å²) in [7, 11) is 0. The summed E-state index contributed by atoms with van der Waals surface area (Å²) in [6.07, 6.45) is 2.11. The molecule has 3 rings (SSSR count). The van der Waals surface area contributed by atoms with Gasteiger partial charge in [0.25, 0.3) is 0 Å². The molecular formula is C22H17NO3. The molecule has 0 aliphatic rings. The van der Waals surface area contributed by atoms with Gasteiger partial charge >= 0.3 is 5.97 Å². The SMILES string of the molecule is N#CC(=Cc1c(OCCc2ccccc2)ccc2ccccc12)C(=O)O. The molecular weight excluding hydrogens is 326 g/mol. The normalized spacial score (nSPS) is 11.1. The van der Waals surface area contributed by atoms with E-state index in [1.165, 1.54) is 6.08 Å². The highest BCUT2D eigenvalue weighted by atomic mass is 16.5. The molecule has 26 heavy (non-hydrogen) atoms. The van der Waals surface area contributed by atoms with Gasteiger partial charge in [-0.25, -0.2) is 4.79 Å². The highest BCUT2D eigenvalue weighted by Crippen LogP contribution is 2.30. The molecule has 0 radical (unpaired) electrons. The lowest BCUT2D eigenvalue weighted by Gasteiger charge is -2.12. The average molecular weight is 343 g/mol. The van der Waals surface area contributed by atoms with Gasteiger partial charge in [0.1, 0.15) is 17.4 Å². The lowest BCUT2D eigenvalue weighted by molar-refractivity contribution is -0.132. The van der Waals surface area contributed by atoms with Crippen molar-refractivity contribution in [3.63, 3.8) is 0 Å². The first-order valence-corrected chi connectivity index (χ1v) is 8.22. The van der Waals surface area contributed by atoms with Gasteiger partial charge in [-0.3, -0.25) is 0 Å². The Morgan fingerprint density at radius 3 is 2.50 bits per heavy atom. The van der Waals surface area contributed by atoms with Crippen LogP contribution in [0.25, 0.3) is 16.8 Å². The molecule has 0 bridgehead atoms. The summed E-state index contributed by atoms with van der Waals surface area (Å²) in [6, 6.07) is 23.1. The van der Waals surface area contributed by atoms with E-state index in [9.17, 15) is 9.90 Å². The summed E-state index contributed by atoms with van der Waals surface area (Å²) >= 11 is 0.